The quantitative estimate of drug-likeness (QED) is 0.767. The third-order valence-electron chi connectivity index (χ3n) is 2.40. The van der Waals surface area contributed by atoms with Gasteiger partial charge in [0.05, 0.1) is 17.6 Å². The molecular weight excluding hydrogens is 218 g/mol. The van der Waals surface area contributed by atoms with Gasteiger partial charge < -0.3 is 5.73 Å². The maximum absolute atomic E-state index is 5.63. The molecule has 1 heterocycles. The molecule has 0 amide bonds. The number of hydrogen-bond acceptors (Lipinski definition) is 3. The molecule has 82 valence electrons. The van der Waals surface area contributed by atoms with Gasteiger partial charge in [-0.15, -0.1) is 0 Å². The van der Waals surface area contributed by atoms with E-state index in [-0.39, 0.29) is 0 Å². The van der Waals surface area contributed by atoms with Crippen LogP contribution in [0.1, 0.15) is 11.1 Å². The molecule has 2 rings (SSSR count). The second-order valence-corrected chi connectivity index (χ2v) is 4.25. The zero-order valence-corrected chi connectivity index (χ0v) is 10.1. The van der Waals surface area contributed by atoms with Crippen LogP contribution in [0.5, 0.6) is 0 Å². The molecule has 1 aromatic carbocycles. The highest BCUT2D eigenvalue weighted by molar-refractivity contribution is 7.71. The normalized spacial score (nSPS) is 10.4. The molecule has 0 saturated heterocycles. The largest absolute Gasteiger partial charge is 0.397 e. The Morgan fingerprint density at radius 2 is 2.00 bits per heavy atom. The minimum atomic E-state index is 0.589. The molecule has 3 nitrogen and oxygen atoms in total. The predicted molar refractivity (Wildman–Crippen MR) is 68.3 cm³/mol. The van der Waals surface area contributed by atoms with E-state index >= 15 is 0 Å². The molecule has 0 aliphatic heterocycles. The summed E-state index contributed by atoms with van der Waals surface area (Å²) in [6.45, 7) is 4.11. The number of nitrogens with two attached hydrogens (primary N) is 1. The third kappa shape index (κ3) is 1.97. The maximum atomic E-state index is 5.63. The molecule has 4 heteroatoms. The lowest BCUT2D eigenvalue weighted by atomic mass is 10.1. The lowest BCUT2D eigenvalue weighted by Gasteiger charge is -2.09. The number of nitrogens with zero attached hydrogens (tertiary/aromatic N) is 2. The number of nitrogen functional groups attached to an aromatic ring is 1. The third-order valence-corrected chi connectivity index (χ3v) is 2.69. The van der Waals surface area contributed by atoms with E-state index < -0.39 is 0 Å². The molecule has 0 radical (unpaired) electrons. The van der Waals surface area contributed by atoms with E-state index in [1.807, 2.05) is 19.1 Å². The summed E-state index contributed by atoms with van der Waals surface area (Å²) in [6, 6.07) is 7.91. The number of hydrogen-bond donors (Lipinski definition) is 1. The minimum Gasteiger partial charge on any atom is -0.397 e. The van der Waals surface area contributed by atoms with Crippen molar-refractivity contribution in [3.63, 3.8) is 0 Å². The summed E-state index contributed by atoms with van der Waals surface area (Å²) in [5.41, 5.74) is 9.58. The van der Waals surface area contributed by atoms with Crippen molar-refractivity contribution in [2.45, 2.75) is 13.8 Å². The summed E-state index contributed by atoms with van der Waals surface area (Å²) < 4.78 is 2.34. The highest BCUT2D eigenvalue weighted by Crippen LogP contribution is 2.15. The van der Waals surface area contributed by atoms with Crippen molar-refractivity contribution < 1.29 is 0 Å². The van der Waals surface area contributed by atoms with Crippen LogP contribution in [-0.4, -0.2) is 9.78 Å². The molecule has 0 unspecified atom stereocenters. The van der Waals surface area contributed by atoms with Gasteiger partial charge in [-0.25, -0.2) is 4.68 Å². The monoisotopic (exact) mass is 231 g/mol. The molecule has 0 spiro atoms. The fourth-order valence-electron chi connectivity index (χ4n) is 1.65. The van der Waals surface area contributed by atoms with E-state index in [0.717, 1.165) is 11.3 Å². The molecule has 0 aliphatic rings. The molecule has 2 aromatic rings. The van der Waals surface area contributed by atoms with Gasteiger partial charge in [0, 0.05) is 0 Å². The van der Waals surface area contributed by atoms with Gasteiger partial charge in [0.25, 0.3) is 0 Å². The van der Waals surface area contributed by atoms with Gasteiger partial charge in [-0.3, -0.25) is 0 Å². The highest BCUT2D eigenvalue weighted by atomic mass is 32.1. The molecule has 2 N–H and O–H groups in total. The van der Waals surface area contributed by atoms with E-state index in [0.29, 0.717) is 10.3 Å². The fraction of sp³-hybridized carbons (Fsp3) is 0.167. The smallest absolute Gasteiger partial charge is 0.130 e. The Balaban J connectivity index is 2.63. The molecule has 16 heavy (non-hydrogen) atoms. The number of aromatic nitrogens is 2. The minimum absolute atomic E-state index is 0.589. The molecule has 0 atom stereocenters. The Morgan fingerprint density at radius 1 is 1.25 bits per heavy atom. The van der Waals surface area contributed by atoms with E-state index in [9.17, 15) is 0 Å². The van der Waals surface area contributed by atoms with Gasteiger partial charge >= 0.3 is 0 Å². The topological polar surface area (TPSA) is 43.8 Å². The molecular formula is C12H13N3S. The van der Waals surface area contributed by atoms with Gasteiger partial charge in [-0.2, -0.15) is 5.10 Å². The van der Waals surface area contributed by atoms with Gasteiger partial charge in [0.1, 0.15) is 4.64 Å². The van der Waals surface area contributed by atoms with Gasteiger partial charge in [0.15, 0.2) is 0 Å². The van der Waals surface area contributed by atoms with Gasteiger partial charge in [-0.05, 0) is 31.5 Å². The van der Waals surface area contributed by atoms with Gasteiger partial charge in [-0.1, -0.05) is 29.9 Å². The van der Waals surface area contributed by atoms with Crippen LogP contribution < -0.4 is 5.73 Å². The second kappa shape index (κ2) is 4.06. The first-order chi connectivity index (χ1) is 7.58. The van der Waals surface area contributed by atoms with Crippen molar-refractivity contribution in [1.82, 2.24) is 9.78 Å². The summed E-state index contributed by atoms with van der Waals surface area (Å²) in [5.74, 6) is 0. The Labute approximate surface area is 99.5 Å². The second-order valence-electron chi connectivity index (χ2n) is 3.83. The predicted octanol–water partition coefficient (Wildman–Crippen LogP) is 2.80. The van der Waals surface area contributed by atoms with Crippen molar-refractivity contribution in [2.75, 3.05) is 5.73 Å². The van der Waals surface area contributed by atoms with Crippen molar-refractivity contribution in [3.8, 4) is 5.69 Å². The molecule has 0 bridgehead atoms. The van der Waals surface area contributed by atoms with Crippen LogP contribution in [0.25, 0.3) is 5.69 Å². The van der Waals surface area contributed by atoms with Crippen molar-refractivity contribution in [1.29, 1.82) is 0 Å². The average Bonchev–Trinajstić information content (AvgIpc) is 2.19. The summed E-state index contributed by atoms with van der Waals surface area (Å²) in [6.07, 6.45) is 1.61. The van der Waals surface area contributed by atoms with E-state index in [2.05, 4.69) is 18.1 Å². The van der Waals surface area contributed by atoms with Crippen LogP contribution in [0, 0.1) is 18.5 Å². The van der Waals surface area contributed by atoms with Crippen LogP contribution in [0.2, 0.25) is 0 Å². The Morgan fingerprint density at radius 3 is 2.62 bits per heavy atom. The lowest BCUT2D eigenvalue weighted by Crippen LogP contribution is -2.04. The lowest BCUT2D eigenvalue weighted by molar-refractivity contribution is 0.824. The highest BCUT2D eigenvalue weighted by Gasteiger charge is 2.02. The molecule has 1 aromatic heterocycles. The van der Waals surface area contributed by atoms with Crippen LogP contribution in [0.4, 0.5) is 5.69 Å². The number of aryl methyl sites for hydroxylation is 2. The first kappa shape index (κ1) is 10.8. The standard InChI is InChI=1S/C12H13N3S/c1-8-3-4-11(9(2)5-8)15-12(16)6-10(13)7-14-15/h3-7H,13H2,1-2H3. The van der Waals surface area contributed by atoms with Crippen LogP contribution in [-0.2, 0) is 0 Å². The van der Waals surface area contributed by atoms with Crippen LogP contribution in [0.3, 0.4) is 0 Å². The Bertz CT molecular complexity index is 587. The van der Waals surface area contributed by atoms with E-state index in [4.69, 9.17) is 18.0 Å². The van der Waals surface area contributed by atoms with Gasteiger partial charge in [0.2, 0.25) is 0 Å². The zero-order valence-electron chi connectivity index (χ0n) is 9.27. The SMILES string of the molecule is Cc1ccc(-n2ncc(N)cc2=S)c(C)c1. The first-order valence-electron chi connectivity index (χ1n) is 5.00. The fourth-order valence-corrected chi connectivity index (χ4v) is 1.93. The number of benzene rings is 1. The summed E-state index contributed by atoms with van der Waals surface area (Å²) in [7, 11) is 0. The van der Waals surface area contributed by atoms with E-state index in [1.54, 1.807) is 16.9 Å². The summed E-state index contributed by atoms with van der Waals surface area (Å²) >= 11 is 5.23. The Kier molecular flexibility index (Phi) is 2.75. The van der Waals surface area contributed by atoms with Crippen molar-refractivity contribution in [3.05, 3.63) is 46.2 Å². The molecule has 0 saturated carbocycles. The maximum Gasteiger partial charge on any atom is 0.130 e. The zero-order chi connectivity index (χ0) is 11.7. The van der Waals surface area contributed by atoms with Crippen LogP contribution in [0.15, 0.2) is 30.5 Å². The first-order valence-corrected chi connectivity index (χ1v) is 5.41. The summed E-state index contributed by atoms with van der Waals surface area (Å²) in [5, 5.41) is 4.23. The molecule has 0 fully saturated rings. The molecule has 0 aliphatic carbocycles. The van der Waals surface area contributed by atoms with Crippen molar-refractivity contribution >= 4 is 17.9 Å². The number of rotatable bonds is 1. The van der Waals surface area contributed by atoms with Crippen molar-refractivity contribution in [2.24, 2.45) is 0 Å². The van der Waals surface area contributed by atoms with Crippen LogP contribution >= 0.6 is 12.2 Å². The summed E-state index contributed by atoms with van der Waals surface area (Å²) in [4.78, 5) is 0. The average molecular weight is 231 g/mol. The Hall–Kier alpha value is -1.68. The van der Waals surface area contributed by atoms with E-state index in [1.165, 1.54) is 5.56 Å². The number of anilines is 1.